The fourth-order valence-corrected chi connectivity index (χ4v) is 2.63. The maximum atomic E-state index is 11.5. The zero-order chi connectivity index (χ0) is 12.6. The molecule has 0 saturated carbocycles. The molecular weight excluding hydrogens is 238 g/mol. The Morgan fingerprint density at radius 3 is 2.71 bits per heavy atom. The summed E-state index contributed by atoms with van der Waals surface area (Å²) in [6.45, 7) is 3.32. The van der Waals surface area contributed by atoms with Crippen LogP contribution in [0.2, 0.25) is 0 Å². The maximum absolute atomic E-state index is 11.5. The number of hydrogen-bond donors (Lipinski definition) is 0. The van der Waals surface area contributed by atoms with E-state index >= 15 is 0 Å². The second-order valence-corrected chi connectivity index (χ2v) is 4.68. The van der Waals surface area contributed by atoms with Gasteiger partial charge < -0.3 is 4.74 Å². The molecule has 5 heteroatoms. The van der Waals surface area contributed by atoms with Gasteiger partial charge >= 0.3 is 5.97 Å². The molecule has 0 spiro atoms. The predicted molar refractivity (Wildman–Crippen MR) is 65.7 cm³/mol. The Labute approximate surface area is 102 Å². The Bertz CT molecular complexity index is 615. The van der Waals surface area contributed by atoms with Crippen molar-refractivity contribution in [2.45, 2.75) is 13.8 Å². The molecule has 0 bridgehead atoms. The van der Waals surface area contributed by atoms with Gasteiger partial charge in [-0.05, 0) is 25.5 Å². The Morgan fingerprint density at radius 2 is 2.12 bits per heavy atom. The summed E-state index contributed by atoms with van der Waals surface area (Å²) in [6, 6.07) is 1.77. The van der Waals surface area contributed by atoms with Crippen molar-refractivity contribution in [3.05, 3.63) is 28.3 Å². The predicted octanol–water partition coefficient (Wildman–Crippen LogP) is 2.59. The van der Waals surface area contributed by atoms with Gasteiger partial charge in [0.1, 0.15) is 9.71 Å². The maximum Gasteiger partial charge on any atom is 0.348 e. The van der Waals surface area contributed by atoms with Gasteiger partial charge in [-0.1, -0.05) is 0 Å². The lowest BCUT2D eigenvalue weighted by Gasteiger charge is -1.97. The first-order valence-corrected chi connectivity index (χ1v) is 5.84. The highest BCUT2D eigenvalue weighted by Gasteiger charge is 2.17. The number of rotatable bonds is 2. The molecule has 88 valence electrons. The van der Waals surface area contributed by atoms with Gasteiger partial charge in [-0.15, -0.1) is 11.3 Å². The molecule has 0 aliphatic carbocycles. The van der Waals surface area contributed by atoms with Crippen molar-refractivity contribution in [2.24, 2.45) is 0 Å². The van der Waals surface area contributed by atoms with Gasteiger partial charge in [-0.2, -0.15) is 0 Å². The van der Waals surface area contributed by atoms with Crippen molar-refractivity contribution < 1.29 is 14.3 Å². The van der Waals surface area contributed by atoms with Gasteiger partial charge in [0.15, 0.2) is 5.78 Å². The summed E-state index contributed by atoms with van der Waals surface area (Å²) in [6.07, 6.45) is 1.53. The van der Waals surface area contributed by atoms with E-state index in [1.165, 1.54) is 31.6 Å². The topological polar surface area (TPSA) is 56.3 Å². The molecule has 2 rings (SSSR count). The van der Waals surface area contributed by atoms with E-state index in [0.29, 0.717) is 10.4 Å². The fourth-order valence-electron chi connectivity index (χ4n) is 1.58. The first-order valence-electron chi connectivity index (χ1n) is 5.03. The van der Waals surface area contributed by atoms with E-state index < -0.39 is 0 Å². The molecule has 0 unspecified atom stereocenters. The first-order chi connectivity index (χ1) is 8.04. The smallest absolute Gasteiger partial charge is 0.348 e. The van der Waals surface area contributed by atoms with E-state index in [1.807, 2.05) is 6.92 Å². The quantitative estimate of drug-likeness (QED) is 0.606. The third-order valence-corrected chi connectivity index (χ3v) is 3.77. The number of carbonyl (C=O) groups excluding carboxylic acids is 2. The molecule has 0 N–H and O–H groups in total. The average molecular weight is 249 g/mol. The van der Waals surface area contributed by atoms with E-state index in [4.69, 9.17) is 4.74 Å². The number of methoxy groups -OCH3 is 1. The largest absolute Gasteiger partial charge is 0.465 e. The van der Waals surface area contributed by atoms with Crippen LogP contribution in [0.3, 0.4) is 0 Å². The third kappa shape index (κ3) is 1.93. The highest BCUT2D eigenvalue weighted by molar-refractivity contribution is 7.20. The molecule has 4 nitrogen and oxygen atoms in total. The SMILES string of the molecule is COC(=O)c1sc2ncc(C(C)=O)cc2c1C. The van der Waals surface area contributed by atoms with Crippen molar-refractivity contribution >= 4 is 33.3 Å². The lowest BCUT2D eigenvalue weighted by Crippen LogP contribution is -1.99. The number of hydrogen-bond acceptors (Lipinski definition) is 5. The molecule has 2 heterocycles. The summed E-state index contributed by atoms with van der Waals surface area (Å²) in [7, 11) is 1.35. The van der Waals surface area contributed by atoms with Crippen molar-refractivity contribution in [1.82, 2.24) is 4.98 Å². The van der Waals surface area contributed by atoms with E-state index in [1.54, 1.807) is 6.07 Å². The Morgan fingerprint density at radius 1 is 1.41 bits per heavy atom. The zero-order valence-corrected chi connectivity index (χ0v) is 10.6. The Hall–Kier alpha value is -1.75. The van der Waals surface area contributed by atoms with Crippen molar-refractivity contribution in [2.75, 3.05) is 7.11 Å². The van der Waals surface area contributed by atoms with Crippen molar-refractivity contribution in [3.63, 3.8) is 0 Å². The normalized spacial score (nSPS) is 10.5. The monoisotopic (exact) mass is 249 g/mol. The summed E-state index contributed by atoms with van der Waals surface area (Å²) >= 11 is 1.28. The lowest BCUT2D eigenvalue weighted by molar-refractivity contribution is 0.0605. The summed E-state index contributed by atoms with van der Waals surface area (Å²) in [4.78, 5) is 28.3. The van der Waals surface area contributed by atoms with E-state index in [-0.39, 0.29) is 11.8 Å². The van der Waals surface area contributed by atoms with Crippen LogP contribution in [-0.4, -0.2) is 23.8 Å². The van der Waals surface area contributed by atoms with Crippen LogP contribution < -0.4 is 0 Å². The van der Waals surface area contributed by atoms with E-state index in [0.717, 1.165) is 15.8 Å². The van der Waals surface area contributed by atoms with Gasteiger partial charge in [-0.3, -0.25) is 4.79 Å². The zero-order valence-electron chi connectivity index (χ0n) is 9.73. The number of fused-ring (bicyclic) bond motifs is 1. The van der Waals surface area contributed by atoms with Gasteiger partial charge in [0.25, 0.3) is 0 Å². The number of carbonyl (C=O) groups is 2. The number of esters is 1. The average Bonchev–Trinajstić information content (AvgIpc) is 2.65. The molecule has 2 aromatic heterocycles. The molecule has 0 atom stereocenters. The fraction of sp³-hybridized carbons (Fsp3) is 0.250. The molecule has 0 amide bonds. The van der Waals surface area contributed by atoms with Crippen molar-refractivity contribution in [3.8, 4) is 0 Å². The van der Waals surface area contributed by atoms with Gasteiger partial charge in [0, 0.05) is 17.1 Å². The summed E-state index contributed by atoms with van der Waals surface area (Å²) in [5, 5.41) is 0.836. The lowest BCUT2D eigenvalue weighted by atomic mass is 10.1. The molecule has 0 aliphatic rings. The molecule has 0 aliphatic heterocycles. The number of pyridine rings is 1. The highest BCUT2D eigenvalue weighted by Crippen LogP contribution is 2.30. The van der Waals surface area contributed by atoms with Gasteiger partial charge in [-0.25, -0.2) is 9.78 Å². The van der Waals surface area contributed by atoms with Crippen LogP contribution in [-0.2, 0) is 4.74 Å². The number of aryl methyl sites for hydroxylation is 1. The van der Waals surface area contributed by atoms with Crippen molar-refractivity contribution in [1.29, 1.82) is 0 Å². The van der Waals surface area contributed by atoms with Gasteiger partial charge in [0.05, 0.1) is 7.11 Å². The van der Waals surface area contributed by atoms with Crippen LogP contribution in [0.4, 0.5) is 0 Å². The van der Waals surface area contributed by atoms with E-state index in [9.17, 15) is 9.59 Å². The number of ether oxygens (including phenoxy) is 1. The van der Waals surface area contributed by atoms with Crippen LogP contribution in [0, 0.1) is 6.92 Å². The van der Waals surface area contributed by atoms with Crippen LogP contribution in [0.5, 0.6) is 0 Å². The number of thiophene rings is 1. The van der Waals surface area contributed by atoms with Crippen LogP contribution in [0.25, 0.3) is 10.2 Å². The van der Waals surface area contributed by atoms with Crippen LogP contribution in [0.1, 0.15) is 32.5 Å². The molecule has 0 aromatic carbocycles. The second kappa shape index (κ2) is 4.25. The minimum Gasteiger partial charge on any atom is -0.465 e. The minimum absolute atomic E-state index is 0.0374. The Balaban J connectivity index is 2.66. The molecule has 0 saturated heterocycles. The summed E-state index contributed by atoms with van der Waals surface area (Å²) in [5.74, 6) is -0.403. The highest BCUT2D eigenvalue weighted by atomic mass is 32.1. The number of nitrogens with zero attached hydrogens (tertiary/aromatic N) is 1. The number of aromatic nitrogens is 1. The molecule has 2 aromatic rings. The van der Waals surface area contributed by atoms with Crippen LogP contribution in [0.15, 0.2) is 12.3 Å². The third-order valence-electron chi connectivity index (χ3n) is 2.57. The van der Waals surface area contributed by atoms with Gasteiger partial charge in [0.2, 0.25) is 0 Å². The summed E-state index contributed by atoms with van der Waals surface area (Å²) in [5.41, 5.74) is 1.36. The van der Waals surface area contributed by atoms with E-state index in [2.05, 4.69) is 4.98 Å². The molecular formula is C12H11NO3S. The van der Waals surface area contributed by atoms with Crippen LogP contribution >= 0.6 is 11.3 Å². The minimum atomic E-state index is -0.366. The molecule has 17 heavy (non-hydrogen) atoms. The number of ketones is 1. The molecule has 0 fully saturated rings. The Kier molecular flexibility index (Phi) is 2.93. The summed E-state index contributed by atoms with van der Waals surface area (Å²) < 4.78 is 4.70. The number of Topliss-reactive ketones (excluding diaryl/α,β-unsaturated/α-hetero) is 1. The standard InChI is InChI=1S/C12H11NO3S/c1-6-9-4-8(7(2)14)5-13-11(9)17-10(6)12(15)16-3/h4-5H,1-3H3. The molecule has 0 radical (unpaired) electrons. The first kappa shape index (κ1) is 11.7. The second-order valence-electron chi connectivity index (χ2n) is 3.68.